The first kappa shape index (κ1) is 36.0. The molecule has 15 heteroatoms. The molecular formula is C41H45F2N11O2. The van der Waals surface area contributed by atoms with Gasteiger partial charge in [-0.3, -0.25) is 33.6 Å². The van der Waals surface area contributed by atoms with E-state index in [2.05, 4.69) is 47.2 Å². The number of benzene rings is 2. The Balaban J connectivity index is 0.768. The molecule has 4 aromatic heterocycles. The number of amides is 2. The predicted octanol–water partition coefficient (Wildman–Crippen LogP) is 6.27. The lowest BCUT2D eigenvalue weighted by Crippen LogP contribution is -2.47. The molecule has 0 spiro atoms. The highest BCUT2D eigenvalue weighted by molar-refractivity contribution is 6.03. The van der Waals surface area contributed by atoms with Crippen molar-refractivity contribution in [2.45, 2.75) is 63.8 Å². The van der Waals surface area contributed by atoms with Crippen molar-refractivity contribution in [3.63, 3.8) is 0 Å². The molecule has 1 unspecified atom stereocenters. The van der Waals surface area contributed by atoms with Gasteiger partial charge in [0, 0.05) is 75.3 Å². The van der Waals surface area contributed by atoms with Gasteiger partial charge in [0.2, 0.25) is 11.8 Å². The van der Waals surface area contributed by atoms with E-state index in [1.165, 1.54) is 25.3 Å². The summed E-state index contributed by atoms with van der Waals surface area (Å²) in [7, 11) is 1.94. The van der Waals surface area contributed by atoms with Crippen LogP contribution in [-0.4, -0.2) is 83.4 Å². The number of fused-ring (bicyclic) bond motifs is 2. The summed E-state index contributed by atoms with van der Waals surface area (Å²) in [5.41, 5.74) is 5.37. The second-order valence-corrected chi connectivity index (χ2v) is 15.5. The maximum atomic E-state index is 14.8. The van der Waals surface area contributed by atoms with Gasteiger partial charge in [-0.25, -0.2) is 18.7 Å². The average molecular weight is 762 g/mol. The average Bonchev–Trinajstić information content (AvgIpc) is 3.96. The van der Waals surface area contributed by atoms with Gasteiger partial charge in [-0.05, 0) is 75.6 Å². The Hall–Kier alpha value is -5.70. The molecule has 13 nitrogen and oxygen atoms in total. The summed E-state index contributed by atoms with van der Waals surface area (Å²) in [6, 6.07) is 8.97. The van der Waals surface area contributed by atoms with Crippen LogP contribution in [0.4, 0.5) is 26.0 Å². The second-order valence-electron chi connectivity index (χ2n) is 15.5. The molecule has 3 fully saturated rings. The fraction of sp³-hybridized carbons (Fsp3) is 0.415. The number of aromatic nitrogens is 7. The molecule has 2 aromatic carbocycles. The highest BCUT2D eigenvalue weighted by atomic mass is 19.1. The number of piperazine rings is 1. The number of rotatable bonds is 9. The third-order valence-corrected chi connectivity index (χ3v) is 12.0. The van der Waals surface area contributed by atoms with Crippen molar-refractivity contribution in [2.75, 3.05) is 42.9 Å². The molecule has 2 amide bonds. The summed E-state index contributed by atoms with van der Waals surface area (Å²) in [4.78, 5) is 38.5. The highest BCUT2D eigenvalue weighted by Gasteiger charge is 2.33. The Morgan fingerprint density at radius 2 is 1.79 bits per heavy atom. The number of imidazole rings is 1. The van der Waals surface area contributed by atoms with E-state index in [0.29, 0.717) is 47.5 Å². The number of piperidine rings is 1. The third kappa shape index (κ3) is 6.77. The zero-order chi connectivity index (χ0) is 38.5. The fourth-order valence-electron chi connectivity index (χ4n) is 8.88. The van der Waals surface area contributed by atoms with Crippen molar-refractivity contribution in [3.8, 4) is 11.3 Å². The number of anilines is 3. The van der Waals surface area contributed by atoms with E-state index in [4.69, 9.17) is 10.2 Å². The van der Waals surface area contributed by atoms with E-state index in [1.54, 1.807) is 36.1 Å². The molecule has 0 radical (unpaired) electrons. The topological polar surface area (TPSA) is 131 Å². The lowest BCUT2D eigenvalue weighted by molar-refractivity contribution is -0.134. The quantitative estimate of drug-likeness (QED) is 0.164. The minimum Gasteiger partial charge on any atom is -0.367 e. The SMILES string of the molecule is Cc1cc(-c2cnc(Nc3cnn(C4CCC(CCN5CCN(c6cccc7c(C8CCC(=O)NC8=O)nn(C)c67)CC5)CC4)c3)c3nccn23)c(F)cc1F. The maximum absolute atomic E-state index is 14.8. The number of hydrogen-bond acceptors (Lipinski definition) is 9. The normalized spacial score (nSPS) is 20.9. The smallest absolute Gasteiger partial charge is 0.235 e. The first-order valence-corrected chi connectivity index (χ1v) is 19.6. The third-order valence-electron chi connectivity index (χ3n) is 12.0. The fourth-order valence-corrected chi connectivity index (χ4v) is 8.88. The molecule has 1 atom stereocenters. The number of halogens is 2. The molecule has 9 rings (SSSR count). The van der Waals surface area contributed by atoms with Gasteiger partial charge in [0.1, 0.15) is 11.6 Å². The molecular weight excluding hydrogens is 717 g/mol. The van der Waals surface area contributed by atoms with Crippen molar-refractivity contribution >= 4 is 45.6 Å². The van der Waals surface area contributed by atoms with Crippen LogP contribution in [-0.2, 0) is 16.6 Å². The van der Waals surface area contributed by atoms with Gasteiger partial charge in [-0.2, -0.15) is 10.2 Å². The van der Waals surface area contributed by atoms with Crippen molar-refractivity contribution in [3.05, 3.63) is 84.2 Å². The minimum atomic E-state index is -0.652. The maximum Gasteiger partial charge on any atom is 0.235 e. The van der Waals surface area contributed by atoms with Gasteiger partial charge in [-0.15, -0.1) is 0 Å². The Morgan fingerprint density at radius 3 is 2.59 bits per heavy atom. The van der Waals surface area contributed by atoms with Crippen LogP contribution >= 0.6 is 0 Å². The zero-order valence-corrected chi connectivity index (χ0v) is 31.6. The van der Waals surface area contributed by atoms with Crippen LogP contribution in [0.15, 0.2) is 61.3 Å². The molecule has 3 aliphatic rings. The number of imide groups is 1. The summed E-state index contributed by atoms with van der Waals surface area (Å²) in [6.07, 6.45) is 15.3. The summed E-state index contributed by atoms with van der Waals surface area (Å²) in [6.45, 7) is 6.56. The van der Waals surface area contributed by atoms with Gasteiger partial charge in [0.05, 0.1) is 52.6 Å². The number of carbonyl (C=O) groups excluding carboxylic acids is 2. The standard InChI is InChI=1S/C41H45F2N11O2/c1-25-20-31(33(43)21-32(25)42)35-23-45-39(40-44-13-15-53(35)40)47-27-22-46-54(24-27)28-8-6-26(7-9-28)12-14-51-16-18-52(19-17-51)34-5-3-4-29-37(49-50(2)38(29)34)30-10-11-36(55)48-41(30)56/h3-5,13,15,20-24,26,28,30H,6-12,14,16-19H2,1-2H3,(H,45,47)(H,48,55,56). The van der Waals surface area contributed by atoms with E-state index in [0.717, 1.165) is 79.6 Å². The molecule has 2 N–H and O–H groups in total. The summed E-state index contributed by atoms with van der Waals surface area (Å²) in [5.74, 6) is -0.907. The van der Waals surface area contributed by atoms with E-state index in [1.807, 2.05) is 24.0 Å². The van der Waals surface area contributed by atoms with Crippen LogP contribution in [0.2, 0.25) is 0 Å². The predicted molar refractivity (Wildman–Crippen MR) is 209 cm³/mol. The number of para-hydroxylation sites is 1. The molecule has 6 heterocycles. The van der Waals surface area contributed by atoms with Crippen molar-refractivity contribution < 1.29 is 18.4 Å². The molecule has 1 aliphatic carbocycles. The Morgan fingerprint density at radius 1 is 0.964 bits per heavy atom. The van der Waals surface area contributed by atoms with Gasteiger partial charge in [0.25, 0.3) is 0 Å². The van der Waals surface area contributed by atoms with E-state index >= 15 is 0 Å². The Bertz CT molecular complexity index is 2440. The minimum absolute atomic E-state index is 0.215. The van der Waals surface area contributed by atoms with Crippen LogP contribution < -0.4 is 15.5 Å². The second kappa shape index (κ2) is 14.8. The van der Waals surface area contributed by atoms with Gasteiger partial charge >= 0.3 is 0 Å². The van der Waals surface area contributed by atoms with Crippen LogP contribution in [0, 0.1) is 24.5 Å². The summed E-state index contributed by atoms with van der Waals surface area (Å²) < 4.78 is 34.4. The monoisotopic (exact) mass is 761 g/mol. The summed E-state index contributed by atoms with van der Waals surface area (Å²) in [5, 5.41) is 16.3. The van der Waals surface area contributed by atoms with Crippen LogP contribution in [0.5, 0.6) is 0 Å². The number of nitrogens with zero attached hydrogens (tertiary/aromatic N) is 9. The highest BCUT2D eigenvalue weighted by Crippen LogP contribution is 2.37. The molecule has 2 saturated heterocycles. The van der Waals surface area contributed by atoms with Crippen molar-refractivity contribution in [1.82, 2.24) is 44.1 Å². The molecule has 0 bridgehead atoms. The van der Waals surface area contributed by atoms with Gasteiger partial charge < -0.3 is 10.2 Å². The Kier molecular flexibility index (Phi) is 9.47. The van der Waals surface area contributed by atoms with Crippen LogP contribution in [0.25, 0.3) is 27.8 Å². The number of carbonyl (C=O) groups is 2. The largest absolute Gasteiger partial charge is 0.367 e. The van der Waals surface area contributed by atoms with Crippen LogP contribution in [0.3, 0.4) is 0 Å². The van der Waals surface area contributed by atoms with Gasteiger partial charge in [0.15, 0.2) is 11.5 Å². The van der Waals surface area contributed by atoms with E-state index in [-0.39, 0.29) is 17.4 Å². The van der Waals surface area contributed by atoms with E-state index in [9.17, 15) is 18.4 Å². The summed E-state index contributed by atoms with van der Waals surface area (Å²) >= 11 is 0. The first-order chi connectivity index (χ1) is 27.2. The molecule has 1 saturated carbocycles. The molecule has 6 aromatic rings. The zero-order valence-electron chi connectivity index (χ0n) is 31.6. The Labute approximate surface area is 322 Å². The molecule has 56 heavy (non-hydrogen) atoms. The van der Waals surface area contributed by atoms with Gasteiger partial charge in [-0.1, -0.05) is 12.1 Å². The first-order valence-electron chi connectivity index (χ1n) is 19.6. The molecule has 290 valence electrons. The lowest BCUT2D eigenvalue weighted by atomic mass is 9.84. The van der Waals surface area contributed by atoms with Crippen molar-refractivity contribution in [1.29, 1.82) is 0 Å². The van der Waals surface area contributed by atoms with Crippen molar-refractivity contribution in [2.24, 2.45) is 13.0 Å². The van der Waals surface area contributed by atoms with Crippen LogP contribution in [0.1, 0.15) is 68.2 Å². The van der Waals surface area contributed by atoms with E-state index < -0.39 is 17.6 Å². The lowest BCUT2D eigenvalue weighted by Gasteiger charge is -2.37. The number of aryl methyl sites for hydroxylation is 2. The number of nitrogens with one attached hydrogen (secondary N) is 2. The molecule has 2 aliphatic heterocycles. The number of hydrogen-bond donors (Lipinski definition) is 2.